The molecular formula is C12H11F3O. The Bertz CT molecular complexity index is 402. The van der Waals surface area contributed by atoms with Gasteiger partial charge in [-0.2, -0.15) is 13.2 Å². The first-order valence-corrected chi connectivity index (χ1v) is 4.66. The molecule has 0 amide bonds. The quantitative estimate of drug-likeness (QED) is 0.721. The minimum atomic E-state index is -4.35. The lowest BCUT2D eigenvalue weighted by Gasteiger charge is -2.11. The molecule has 86 valence electrons. The van der Waals surface area contributed by atoms with Crippen molar-refractivity contribution in [3.05, 3.63) is 29.3 Å². The average molecular weight is 228 g/mol. The molecule has 0 aliphatic heterocycles. The zero-order chi connectivity index (χ0) is 12.2. The summed E-state index contributed by atoms with van der Waals surface area (Å²) in [4.78, 5) is 0. The van der Waals surface area contributed by atoms with Gasteiger partial charge in [0.2, 0.25) is 0 Å². The summed E-state index contributed by atoms with van der Waals surface area (Å²) in [6.07, 6.45) is 1.73. The normalized spacial score (nSPS) is 10.9. The van der Waals surface area contributed by atoms with Gasteiger partial charge in [0.15, 0.2) is 0 Å². The van der Waals surface area contributed by atoms with Gasteiger partial charge in [-0.15, -0.1) is 12.3 Å². The van der Waals surface area contributed by atoms with Gasteiger partial charge in [-0.05, 0) is 24.1 Å². The van der Waals surface area contributed by atoms with E-state index in [2.05, 4.69) is 5.92 Å². The van der Waals surface area contributed by atoms with E-state index in [0.717, 1.165) is 12.1 Å². The van der Waals surface area contributed by atoms with Crippen LogP contribution in [-0.4, -0.2) is 7.11 Å². The van der Waals surface area contributed by atoms with Gasteiger partial charge in [-0.1, -0.05) is 6.07 Å². The Labute approximate surface area is 92.2 Å². The molecule has 1 aromatic rings. The second kappa shape index (κ2) is 4.93. The molecule has 0 aliphatic rings. The maximum atomic E-state index is 12.4. The summed E-state index contributed by atoms with van der Waals surface area (Å²) < 4.78 is 42.1. The van der Waals surface area contributed by atoms with Crippen LogP contribution < -0.4 is 4.74 Å². The van der Waals surface area contributed by atoms with Crippen LogP contribution in [0.1, 0.15) is 17.5 Å². The van der Waals surface area contributed by atoms with Crippen LogP contribution in [0.3, 0.4) is 0 Å². The molecule has 0 radical (unpaired) electrons. The Kier molecular flexibility index (Phi) is 3.83. The Balaban J connectivity index is 3.03. The third-order valence-corrected chi connectivity index (χ3v) is 2.15. The minimum absolute atomic E-state index is 0.227. The van der Waals surface area contributed by atoms with Gasteiger partial charge >= 0.3 is 6.18 Å². The monoisotopic (exact) mass is 228 g/mol. The molecule has 1 nitrogen and oxygen atoms in total. The lowest BCUT2D eigenvalue weighted by atomic mass is 10.1. The molecule has 0 bridgehead atoms. The number of rotatable bonds is 3. The van der Waals surface area contributed by atoms with E-state index < -0.39 is 11.7 Å². The third-order valence-electron chi connectivity index (χ3n) is 2.15. The molecular weight excluding hydrogens is 217 g/mol. The second-order valence-corrected chi connectivity index (χ2v) is 3.23. The first-order valence-electron chi connectivity index (χ1n) is 4.66. The summed E-state index contributed by atoms with van der Waals surface area (Å²) in [5.41, 5.74) is -0.0257. The third kappa shape index (κ3) is 2.93. The van der Waals surface area contributed by atoms with Crippen LogP contribution in [-0.2, 0) is 12.6 Å². The van der Waals surface area contributed by atoms with Crippen LogP contribution in [0.4, 0.5) is 13.2 Å². The van der Waals surface area contributed by atoms with Gasteiger partial charge < -0.3 is 4.74 Å². The summed E-state index contributed by atoms with van der Waals surface area (Å²) >= 11 is 0. The number of hydrogen-bond acceptors (Lipinski definition) is 1. The molecule has 0 heterocycles. The summed E-state index contributed by atoms with van der Waals surface area (Å²) in [7, 11) is 1.34. The fraction of sp³-hybridized carbons (Fsp3) is 0.333. The van der Waals surface area contributed by atoms with Gasteiger partial charge in [0.25, 0.3) is 0 Å². The SMILES string of the molecule is C#CCCc1ccc(C(F)(F)F)cc1OC. The number of aryl methyl sites for hydroxylation is 1. The number of benzene rings is 1. The van der Waals surface area contributed by atoms with E-state index in [4.69, 9.17) is 11.2 Å². The van der Waals surface area contributed by atoms with Gasteiger partial charge in [-0.3, -0.25) is 0 Å². The highest BCUT2D eigenvalue weighted by Crippen LogP contribution is 2.33. The minimum Gasteiger partial charge on any atom is -0.496 e. The maximum absolute atomic E-state index is 12.4. The lowest BCUT2D eigenvalue weighted by molar-refractivity contribution is -0.137. The molecule has 0 unspecified atom stereocenters. The van der Waals surface area contributed by atoms with Crippen LogP contribution in [0, 0.1) is 12.3 Å². The first-order chi connectivity index (χ1) is 7.49. The van der Waals surface area contributed by atoms with Crippen molar-refractivity contribution in [3.63, 3.8) is 0 Å². The van der Waals surface area contributed by atoms with Crippen molar-refractivity contribution in [2.75, 3.05) is 7.11 Å². The van der Waals surface area contributed by atoms with E-state index in [9.17, 15) is 13.2 Å². The molecule has 0 aliphatic carbocycles. The smallest absolute Gasteiger partial charge is 0.416 e. The van der Waals surface area contributed by atoms with Gasteiger partial charge in [0, 0.05) is 6.42 Å². The van der Waals surface area contributed by atoms with E-state index in [1.165, 1.54) is 13.2 Å². The van der Waals surface area contributed by atoms with E-state index in [1.807, 2.05) is 0 Å². The Morgan fingerprint density at radius 1 is 1.38 bits per heavy atom. The molecule has 0 aromatic heterocycles. The van der Waals surface area contributed by atoms with Crippen molar-refractivity contribution in [3.8, 4) is 18.1 Å². The van der Waals surface area contributed by atoms with Crippen molar-refractivity contribution in [2.24, 2.45) is 0 Å². The second-order valence-electron chi connectivity index (χ2n) is 3.23. The fourth-order valence-corrected chi connectivity index (χ4v) is 1.33. The lowest BCUT2D eigenvalue weighted by Crippen LogP contribution is -2.06. The maximum Gasteiger partial charge on any atom is 0.416 e. The summed E-state index contributed by atoms with van der Waals surface area (Å²) in [5, 5.41) is 0. The number of terminal acetylenes is 1. The van der Waals surface area contributed by atoms with Crippen LogP contribution in [0.15, 0.2) is 18.2 Å². The molecule has 0 atom stereocenters. The van der Waals surface area contributed by atoms with Crippen LogP contribution in [0.2, 0.25) is 0 Å². The summed E-state index contributed by atoms with van der Waals surface area (Å²) in [5.74, 6) is 2.66. The number of alkyl halides is 3. The molecule has 1 aromatic carbocycles. The van der Waals surface area contributed by atoms with Crippen molar-refractivity contribution in [2.45, 2.75) is 19.0 Å². The van der Waals surface area contributed by atoms with Crippen molar-refractivity contribution >= 4 is 0 Å². The number of methoxy groups -OCH3 is 1. The predicted octanol–water partition coefficient (Wildman–Crippen LogP) is 3.28. The van der Waals surface area contributed by atoms with E-state index >= 15 is 0 Å². The molecule has 0 saturated carbocycles. The highest BCUT2D eigenvalue weighted by molar-refractivity contribution is 5.39. The van der Waals surface area contributed by atoms with E-state index in [-0.39, 0.29) is 5.75 Å². The summed E-state index contributed by atoms with van der Waals surface area (Å²) in [6, 6.07) is 3.43. The Morgan fingerprint density at radius 3 is 2.56 bits per heavy atom. The molecule has 4 heteroatoms. The zero-order valence-corrected chi connectivity index (χ0v) is 8.77. The zero-order valence-electron chi connectivity index (χ0n) is 8.77. The highest BCUT2D eigenvalue weighted by atomic mass is 19.4. The van der Waals surface area contributed by atoms with Crippen LogP contribution >= 0.6 is 0 Å². The van der Waals surface area contributed by atoms with Gasteiger partial charge in [-0.25, -0.2) is 0 Å². The largest absolute Gasteiger partial charge is 0.496 e. The molecule has 16 heavy (non-hydrogen) atoms. The molecule has 0 saturated heterocycles. The standard InChI is InChI=1S/C12H11F3O/c1-3-4-5-9-6-7-10(12(13,14)15)8-11(9)16-2/h1,6-8H,4-5H2,2H3. The molecule has 0 fully saturated rings. The molecule has 0 spiro atoms. The fourth-order valence-electron chi connectivity index (χ4n) is 1.33. The van der Waals surface area contributed by atoms with Crippen molar-refractivity contribution in [1.29, 1.82) is 0 Å². The summed E-state index contributed by atoms with van der Waals surface area (Å²) in [6.45, 7) is 0. The topological polar surface area (TPSA) is 9.23 Å². The number of ether oxygens (including phenoxy) is 1. The molecule has 1 rings (SSSR count). The Hall–Kier alpha value is -1.63. The van der Waals surface area contributed by atoms with Gasteiger partial charge in [0.1, 0.15) is 5.75 Å². The van der Waals surface area contributed by atoms with Crippen LogP contribution in [0.25, 0.3) is 0 Å². The highest BCUT2D eigenvalue weighted by Gasteiger charge is 2.31. The number of hydrogen-bond donors (Lipinski definition) is 0. The van der Waals surface area contributed by atoms with E-state index in [1.54, 1.807) is 0 Å². The van der Waals surface area contributed by atoms with Crippen molar-refractivity contribution in [1.82, 2.24) is 0 Å². The molecule has 0 N–H and O–H groups in total. The van der Waals surface area contributed by atoms with Gasteiger partial charge in [0.05, 0.1) is 12.7 Å². The number of halogens is 3. The Morgan fingerprint density at radius 2 is 2.06 bits per heavy atom. The van der Waals surface area contributed by atoms with Crippen molar-refractivity contribution < 1.29 is 17.9 Å². The van der Waals surface area contributed by atoms with E-state index in [0.29, 0.717) is 18.4 Å². The average Bonchev–Trinajstić information content (AvgIpc) is 2.24. The predicted molar refractivity (Wildman–Crippen MR) is 55.2 cm³/mol. The van der Waals surface area contributed by atoms with Crippen LogP contribution in [0.5, 0.6) is 5.75 Å². The first kappa shape index (κ1) is 12.4.